The maximum Gasteiger partial charge on any atom is 0.319 e. The fourth-order valence-corrected chi connectivity index (χ4v) is 3.24. The van der Waals surface area contributed by atoms with E-state index in [-0.39, 0.29) is 23.4 Å². The molecule has 2 aromatic rings. The summed E-state index contributed by atoms with van der Waals surface area (Å²) in [5.74, 6) is -0.0145. The summed E-state index contributed by atoms with van der Waals surface area (Å²) in [6.45, 7) is 4.47. The van der Waals surface area contributed by atoms with Crippen molar-refractivity contribution in [2.75, 3.05) is 16.8 Å². The zero-order chi connectivity index (χ0) is 18.8. The monoisotopic (exact) mass is 391 g/mol. The number of anilines is 2. The molecule has 136 valence electrons. The molecule has 0 spiro atoms. The molecule has 3 rings (SSSR count). The lowest BCUT2D eigenvalue weighted by atomic mass is 10.1. The van der Waals surface area contributed by atoms with E-state index in [1.807, 2.05) is 32.0 Å². The summed E-state index contributed by atoms with van der Waals surface area (Å²) in [7, 11) is 0. The van der Waals surface area contributed by atoms with Crippen LogP contribution in [0.15, 0.2) is 36.4 Å². The number of amides is 3. The number of aryl methyl sites for hydroxylation is 2. The smallest absolute Gasteiger partial charge is 0.319 e. The number of nitrogens with one attached hydrogen (secondary N) is 2. The Bertz CT molecular complexity index is 870. The third-order valence-electron chi connectivity index (χ3n) is 4.46. The Balaban J connectivity index is 1.64. The van der Waals surface area contributed by atoms with Crippen molar-refractivity contribution in [1.29, 1.82) is 0 Å². The van der Waals surface area contributed by atoms with Crippen LogP contribution in [0.3, 0.4) is 0 Å². The lowest BCUT2D eigenvalue weighted by Crippen LogP contribution is -2.39. The summed E-state index contributed by atoms with van der Waals surface area (Å²) < 4.78 is 0. The lowest BCUT2D eigenvalue weighted by Gasteiger charge is -2.18. The second kappa shape index (κ2) is 7.56. The molecule has 7 heteroatoms. The van der Waals surface area contributed by atoms with Gasteiger partial charge in [-0.15, -0.1) is 0 Å². The van der Waals surface area contributed by atoms with E-state index in [2.05, 4.69) is 10.6 Å². The van der Waals surface area contributed by atoms with Crippen LogP contribution in [-0.2, 0) is 4.79 Å². The molecule has 2 N–H and O–H groups in total. The molecule has 5 nitrogen and oxygen atoms in total. The van der Waals surface area contributed by atoms with Gasteiger partial charge in [-0.2, -0.15) is 0 Å². The number of hydrogen-bond acceptors (Lipinski definition) is 2. The molecule has 0 aromatic heterocycles. The molecule has 1 heterocycles. The molecule has 26 heavy (non-hydrogen) atoms. The first kappa shape index (κ1) is 18.5. The fraction of sp³-hybridized carbons (Fsp3) is 0.263. The van der Waals surface area contributed by atoms with Crippen LogP contribution in [0.5, 0.6) is 0 Å². The average molecular weight is 392 g/mol. The van der Waals surface area contributed by atoms with Crippen molar-refractivity contribution < 1.29 is 9.59 Å². The van der Waals surface area contributed by atoms with E-state index in [4.69, 9.17) is 23.2 Å². The number of benzene rings is 2. The standard InChI is InChI=1S/C19H19Cl2N3O2/c1-11-6-7-14(8-12(11)2)24-10-13(9-17(24)25)22-19(26)23-16-5-3-4-15(20)18(16)21/h3-8,13H,9-10H2,1-2H3,(H2,22,23,26)/t13-/m0/s1. The van der Waals surface area contributed by atoms with Crippen LogP contribution in [-0.4, -0.2) is 24.5 Å². The first-order valence-corrected chi connectivity index (χ1v) is 9.00. The van der Waals surface area contributed by atoms with Gasteiger partial charge in [-0.25, -0.2) is 4.79 Å². The summed E-state index contributed by atoms with van der Waals surface area (Å²) in [6.07, 6.45) is 0.254. The third-order valence-corrected chi connectivity index (χ3v) is 5.28. The molecule has 1 atom stereocenters. The Morgan fingerprint density at radius 1 is 1.15 bits per heavy atom. The zero-order valence-electron chi connectivity index (χ0n) is 14.5. The van der Waals surface area contributed by atoms with Crippen LogP contribution < -0.4 is 15.5 Å². The molecular formula is C19H19Cl2N3O2. The number of carbonyl (C=O) groups excluding carboxylic acids is 2. The van der Waals surface area contributed by atoms with Gasteiger partial charge in [0.1, 0.15) is 0 Å². The summed E-state index contributed by atoms with van der Waals surface area (Å²) in [5, 5.41) is 6.13. The van der Waals surface area contributed by atoms with Gasteiger partial charge in [0.2, 0.25) is 5.91 Å². The molecule has 0 unspecified atom stereocenters. The number of carbonyl (C=O) groups is 2. The highest BCUT2D eigenvalue weighted by Gasteiger charge is 2.31. The summed E-state index contributed by atoms with van der Waals surface area (Å²) in [6, 6.07) is 10.2. The van der Waals surface area contributed by atoms with Gasteiger partial charge in [0.05, 0.1) is 21.8 Å². The number of urea groups is 1. The predicted octanol–water partition coefficient (Wildman–Crippen LogP) is 4.54. The predicted molar refractivity (Wildman–Crippen MR) is 105 cm³/mol. The molecule has 0 aliphatic carbocycles. The molecule has 1 saturated heterocycles. The maximum atomic E-state index is 12.3. The largest absolute Gasteiger partial charge is 0.333 e. The first-order valence-electron chi connectivity index (χ1n) is 8.24. The second-order valence-electron chi connectivity index (χ2n) is 6.37. The van der Waals surface area contributed by atoms with E-state index in [9.17, 15) is 9.59 Å². The van der Waals surface area contributed by atoms with E-state index in [1.165, 1.54) is 5.56 Å². The van der Waals surface area contributed by atoms with Crippen LogP contribution in [0, 0.1) is 13.8 Å². The number of halogens is 2. The highest BCUT2D eigenvalue weighted by Crippen LogP contribution is 2.29. The third kappa shape index (κ3) is 3.94. The van der Waals surface area contributed by atoms with Gasteiger partial charge < -0.3 is 15.5 Å². The maximum absolute atomic E-state index is 12.3. The van der Waals surface area contributed by atoms with Gasteiger partial charge in [0.25, 0.3) is 0 Å². The summed E-state index contributed by atoms with van der Waals surface area (Å²) in [5.41, 5.74) is 3.57. The number of nitrogens with zero attached hydrogens (tertiary/aromatic N) is 1. The quantitative estimate of drug-likeness (QED) is 0.806. The van der Waals surface area contributed by atoms with Crippen LogP contribution in [0.1, 0.15) is 17.5 Å². The minimum atomic E-state index is -0.422. The molecule has 3 amide bonds. The van der Waals surface area contributed by atoms with Gasteiger partial charge >= 0.3 is 6.03 Å². The van der Waals surface area contributed by atoms with Gasteiger partial charge in [0.15, 0.2) is 0 Å². The first-order chi connectivity index (χ1) is 12.3. The molecule has 2 aromatic carbocycles. The molecular weight excluding hydrogens is 373 g/mol. The number of hydrogen-bond donors (Lipinski definition) is 2. The minimum Gasteiger partial charge on any atom is -0.333 e. The van der Waals surface area contributed by atoms with Gasteiger partial charge in [0, 0.05) is 18.7 Å². The Morgan fingerprint density at radius 3 is 2.65 bits per heavy atom. The summed E-state index contributed by atoms with van der Waals surface area (Å²) >= 11 is 12.0. The molecule has 1 aliphatic heterocycles. The Labute approximate surface area is 162 Å². The Kier molecular flexibility index (Phi) is 5.39. The highest BCUT2D eigenvalue weighted by molar-refractivity contribution is 6.43. The Morgan fingerprint density at radius 2 is 1.92 bits per heavy atom. The van der Waals surface area contributed by atoms with E-state index in [0.717, 1.165) is 11.3 Å². The molecule has 1 fully saturated rings. The van der Waals surface area contributed by atoms with Crippen LogP contribution >= 0.6 is 23.2 Å². The minimum absolute atomic E-state index is 0.0145. The lowest BCUT2D eigenvalue weighted by molar-refractivity contribution is -0.117. The average Bonchev–Trinajstić information content (AvgIpc) is 2.94. The van der Waals surface area contributed by atoms with Crippen molar-refractivity contribution >= 4 is 46.5 Å². The van der Waals surface area contributed by atoms with E-state index in [1.54, 1.807) is 23.1 Å². The normalized spacial score (nSPS) is 16.7. The van der Waals surface area contributed by atoms with Crippen molar-refractivity contribution in [1.82, 2.24) is 5.32 Å². The topological polar surface area (TPSA) is 61.4 Å². The fourth-order valence-electron chi connectivity index (χ4n) is 2.89. The molecule has 1 aliphatic rings. The number of rotatable bonds is 3. The summed E-state index contributed by atoms with van der Waals surface area (Å²) in [4.78, 5) is 26.3. The molecule has 0 radical (unpaired) electrons. The SMILES string of the molecule is Cc1ccc(N2C[C@@H](NC(=O)Nc3cccc(Cl)c3Cl)CC2=O)cc1C. The van der Waals surface area contributed by atoms with Crippen molar-refractivity contribution in [3.05, 3.63) is 57.6 Å². The Hall–Kier alpha value is -2.24. The van der Waals surface area contributed by atoms with E-state index < -0.39 is 6.03 Å². The molecule has 0 saturated carbocycles. The van der Waals surface area contributed by atoms with Crippen molar-refractivity contribution in [3.8, 4) is 0 Å². The van der Waals surface area contributed by atoms with Gasteiger partial charge in [-0.1, -0.05) is 35.3 Å². The van der Waals surface area contributed by atoms with Crippen molar-refractivity contribution in [2.24, 2.45) is 0 Å². The zero-order valence-corrected chi connectivity index (χ0v) is 16.0. The second-order valence-corrected chi connectivity index (χ2v) is 7.16. The van der Waals surface area contributed by atoms with Crippen LogP contribution in [0.4, 0.5) is 16.2 Å². The van der Waals surface area contributed by atoms with Crippen LogP contribution in [0.25, 0.3) is 0 Å². The van der Waals surface area contributed by atoms with Crippen molar-refractivity contribution in [2.45, 2.75) is 26.3 Å². The van der Waals surface area contributed by atoms with Crippen LogP contribution in [0.2, 0.25) is 10.0 Å². The van der Waals surface area contributed by atoms with E-state index in [0.29, 0.717) is 17.3 Å². The van der Waals surface area contributed by atoms with Gasteiger partial charge in [-0.05, 0) is 49.2 Å². The molecule has 0 bridgehead atoms. The van der Waals surface area contributed by atoms with Crippen molar-refractivity contribution in [3.63, 3.8) is 0 Å². The van der Waals surface area contributed by atoms with Gasteiger partial charge in [-0.3, -0.25) is 4.79 Å². The van der Waals surface area contributed by atoms with E-state index >= 15 is 0 Å². The highest BCUT2D eigenvalue weighted by atomic mass is 35.5.